The first kappa shape index (κ1) is 26.7. The fourth-order valence-electron chi connectivity index (χ4n) is 4.36. The summed E-state index contributed by atoms with van der Waals surface area (Å²) in [5.41, 5.74) is 6.33. The molecule has 1 heterocycles. The van der Waals surface area contributed by atoms with Crippen molar-refractivity contribution in [3.63, 3.8) is 0 Å². The Morgan fingerprint density at radius 3 is 1.89 bits per heavy atom. The van der Waals surface area contributed by atoms with Gasteiger partial charge in [0.25, 0.3) is 0 Å². The van der Waals surface area contributed by atoms with Crippen molar-refractivity contribution in [1.29, 1.82) is 0 Å². The molecule has 3 heteroatoms. The molecule has 3 aromatic rings. The van der Waals surface area contributed by atoms with Crippen LogP contribution in [0.4, 0.5) is 0 Å². The van der Waals surface area contributed by atoms with Gasteiger partial charge in [0.15, 0.2) is 0 Å². The number of aryl methyl sites for hydroxylation is 2. The Balaban J connectivity index is 1.57. The molecule has 3 rings (SSSR count). The summed E-state index contributed by atoms with van der Waals surface area (Å²) < 4.78 is 5.83. The Kier molecular flexibility index (Phi) is 11.0. The van der Waals surface area contributed by atoms with E-state index in [2.05, 4.69) is 67.4 Å². The molecule has 1 unspecified atom stereocenters. The van der Waals surface area contributed by atoms with Crippen molar-refractivity contribution < 1.29 is 9.53 Å². The van der Waals surface area contributed by atoms with Crippen molar-refractivity contribution in [1.82, 2.24) is 4.98 Å². The van der Waals surface area contributed by atoms with E-state index in [-0.39, 0.29) is 12.1 Å². The second kappa shape index (κ2) is 14.5. The van der Waals surface area contributed by atoms with Crippen molar-refractivity contribution in [2.75, 3.05) is 0 Å². The molecule has 1 atom stereocenters. The molecular weight excluding hydrogens is 430 g/mol. The van der Waals surface area contributed by atoms with Gasteiger partial charge in [-0.05, 0) is 66.0 Å². The monoisotopic (exact) mass is 471 g/mol. The zero-order valence-corrected chi connectivity index (χ0v) is 21.8. The van der Waals surface area contributed by atoms with E-state index in [1.165, 1.54) is 60.8 Å². The van der Waals surface area contributed by atoms with Crippen LogP contribution in [-0.4, -0.2) is 11.0 Å². The summed E-state index contributed by atoms with van der Waals surface area (Å²) in [7, 11) is 0. The molecule has 0 aliphatic heterocycles. The molecule has 0 saturated heterocycles. The number of pyridine rings is 1. The minimum atomic E-state index is -0.364. The minimum absolute atomic E-state index is 0.284. The molecule has 0 saturated carbocycles. The van der Waals surface area contributed by atoms with Crippen LogP contribution >= 0.6 is 0 Å². The predicted octanol–water partition coefficient (Wildman–Crippen LogP) is 8.91. The molecule has 0 spiro atoms. The van der Waals surface area contributed by atoms with Gasteiger partial charge in [-0.3, -0.25) is 0 Å². The van der Waals surface area contributed by atoms with Crippen molar-refractivity contribution >= 4 is 5.97 Å². The number of carbonyl (C=O) groups is 1. The maximum absolute atomic E-state index is 12.7. The third-order valence-corrected chi connectivity index (χ3v) is 6.61. The van der Waals surface area contributed by atoms with Gasteiger partial charge >= 0.3 is 5.97 Å². The van der Waals surface area contributed by atoms with Crippen molar-refractivity contribution in [3.8, 4) is 11.1 Å². The third-order valence-electron chi connectivity index (χ3n) is 6.61. The number of carbonyl (C=O) groups excluding carboxylic acids is 1. The number of ether oxygens (including phenoxy) is 1. The van der Waals surface area contributed by atoms with Gasteiger partial charge in [0, 0.05) is 6.20 Å². The Morgan fingerprint density at radius 2 is 1.29 bits per heavy atom. The maximum atomic E-state index is 12.7. The summed E-state index contributed by atoms with van der Waals surface area (Å²) >= 11 is 0. The lowest BCUT2D eigenvalue weighted by Crippen LogP contribution is -2.12. The van der Waals surface area contributed by atoms with Crippen LogP contribution in [0, 0.1) is 0 Å². The highest BCUT2D eigenvalue weighted by atomic mass is 16.5. The Labute approximate surface area is 212 Å². The average molecular weight is 472 g/mol. The summed E-state index contributed by atoms with van der Waals surface area (Å²) in [6.45, 7) is 6.49. The van der Waals surface area contributed by atoms with E-state index >= 15 is 0 Å². The average Bonchev–Trinajstić information content (AvgIpc) is 2.91. The van der Waals surface area contributed by atoms with E-state index in [9.17, 15) is 4.79 Å². The Morgan fingerprint density at radius 1 is 0.714 bits per heavy atom. The fourth-order valence-corrected chi connectivity index (χ4v) is 4.36. The van der Waals surface area contributed by atoms with Gasteiger partial charge in [-0.25, -0.2) is 9.78 Å². The summed E-state index contributed by atoms with van der Waals surface area (Å²) in [5, 5.41) is 0. The second-order valence-electron chi connectivity index (χ2n) is 9.44. The SMILES string of the molecule is CCCCCCc1ccc(C(=O)OC(CC)c2ccc(-c3ccc(CCCCC)cc3)cc2)nc1. The molecule has 0 amide bonds. The van der Waals surface area contributed by atoms with Gasteiger partial charge in [-0.1, -0.05) is 107 Å². The molecule has 0 aliphatic rings. The van der Waals surface area contributed by atoms with E-state index in [0.717, 1.165) is 24.8 Å². The van der Waals surface area contributed by atoms with E-state index in [1.54, 1.807) is 6.07 Å². The predicted molar refractivity (Wildman–Crippen MR) is 146 cm³/mol. The summed E-state index contributed by atoms with van der Waals surface area (Å²) in [5.74, 6) is -0.364. The Hall–Kier alpha value is -2.94. The normalized spacial score (nSPS) is 11.9. The number of aromatic nitrogens is 1. The largest absolute Gasteiger partial charge is 0.453 e. The van der Waals surface area contributed by atoms with Crippen molar-refractivity contribution in [2.45, 2.75) is 91.1 Å². The molecular formula is C32H41NO2. The molecule has 186 valence electrons. The standard InChI is InChI=1S/C32H41NO2/c1-4-7-9-11-13-26-16-23-30(33-24-26)32(34)35-31(6-3)29-21-19-28(20-22-29)27-17-14-25(15-18-27)12-10-8-5-2/h14-24,31H,4-13H2,1-3H3. The zero-order chi connectivity index (χ0) is 24.9. The summed E-state index contributed by atoms with van der Waals surface area (Å²) in [6.07, 6.45) is 13.1. The first-order chi connectivity index (χ1) is 17.1. The number of hydrogen-bond donors (Lipinski definition) is 0. The number of rotatable bonds is 14. The van der Waals surface area contributed by atoms with Crippen LogP contribution in [0.15, 0.2) is 66.9 Å². The van der Waals surface area contributed by atoms with E-state index in [1.807, 2.05) is 19.2 Å². The molecule has 0 fully saturated rings. The van der Waals surface area contributed by atoms with E-state index < -0.39 is 0 Å². The number of benzene rings is 2. The topological polar surface area (TPSA) is 39.2 Å². The third kappa shape index (κ3) is 8.35. The number of hydrogen-bond acceptors (Lipinski definition) is 3. The Bertz CT molecular complexity index is 1010. The van der Waals surface area contributed by atoms with E-state index in [4.69, 9.17) is 4.74 Å². The first-order valence-electron chi connectivity index (χ1n) is 13.5. The van der Waals surface area contributed by atoms with E-state index in [0.29, 0.717) is 12.1 Å². The van der Waals surface area contributed by atoms with Crippen LogP contribution in [-0.2, 0) is 17.6 Å². The lowest BCUT2D eigenvalue weighted by atomic mass is 9.99. The van der Waals surface area contributed by atoms with Gasteiger partial charge in [0.2, 0.25) is 0 Å². The molecule has 0 radical (unpaired) electrons. The smallest absolute Gasteiger partial charge is 0.357 e. The summed E-state index contributed by atoms with van der Waals surface area (Å²) in [4.78, 5) is 17.1. The maximum Gasteiger partial charge on any atom is 0.357 e. The highest BCUT2D eigenvalue weighted by Crippen LogP contribution is 2.27. The quantitative estimate of drug-likeness (QED) is 0.174. The molecule has 3 nitrogen and oxygen atoms in total. The fraction of sp³-hybridized carbons (Fsp3) is 0.438. The second-order valence-corrected chi connectivity index (χ2v) is 9.44. The zero-order valence-electron chi connectivity index (χ0n) is 21.8. The molecule has 1 aromatic heterocycles. The van der Waals surface area contributed by atoms with Crippen molar-refractivity contribution in [2.24, 2.45) is 0 Å². The first-order valence-corrected chi connectivity index (χ1v) is 13.5. The van der Waals surface area contributed by atoms with Crippen LogP contribution in [0.2, 0.25) is 0 Å². The minimum Gasteiger partial charge on any atom is -0.453 e. The van der Waals surface area contributed by atoms with Crippen LogP contribution < -0.4 is 0 Å². The van der Waals surface area contributed by atoms with Gasteiger partial charge in [-0.15, -0.1) is 0 Å². The molecule has 2 aromatic carbocycles. The molecule has 0 aliphatic carbocycles. The number of unbranched alkanes of at least 4 members (excludes halogenated alkanes) is 5. The van der Waals surface area contributed by atoms with Gasteiger partial charge in [0.1, 0.15) is 11.8 Å². The number of nitrogens with zero attached hydrogens (tertiary/aromatic N) is 1. The highest BCUT2D eigenvalue weighted by Gasteiger charge is 2.17. The van der Waals surface area contributed by atoms with Crippen LogP contribution in [0.25, 0.3) is 11.1 Å². The molecule has 0 bridgehead atoms. The molecule has 35 heavy (non-hydrogen) atoms. The highest BCUT2D eigenvalue weighted by molar-refractivity contribution is 5.87. The van der Waals surface area contributed by atoms with Crippen LogP contribution in [0.1, 0.15) is 105 Å². The summed E-state index contributed by atoms with van der Waals surface area (Å²) in [6, 6.07) is 21.0. The van der Waals surface area contributed by atoms with Crippen molar-refractivity contribution in [3.05, 3.63) is 89.2 Å². The molecule has 0 N–H and O–H groups in total. The number of esters is 1. The lowest BCUT2D eigenvalue weighted by molar-refractivity contribution is 0.0281. The van der Waals surface area contributed by atoms with Crippen LogP contribution in [0.5, 0.6) is 0 Å². The lowest BCUT2D eigenvalue weighted by Gasteiger charge is -2.17. The van der Waals surface area contributed by atoms with Crippen LogP contribution in [0.3, 0.4) is 0 Å². The van der Waals surface area contributed by atoms with Gasteiger partial charge < -0.3 is 4.74 Å². The van der Waals surface area contributed by atoms with Gasteiger partial charge in [-0.2, -0.15) is 0 Å². The van der Waals surface area contributed by atoms with Gasteiger partial charge in [0.05, 0.1) is 0 Å².